The van der Waals surface area contributed by atoms with Gasteiger partial charge in [-0.25, -0.2) is 0 Å². The third kappa shape index (κ3) is 4.42. The van der Waals surface area contributed by atoms with E-state index < -0.39 is 11.3 Å². The molecule has 0 rings (SSSR count). The molecule has 0 saturated heterocycles. The zero-order chi connectivity index (χ0) is 4.28. The molecule has 0 aliphatic carbocycles. The second kappa shape index (κ2) is 2.65. The quantitative estimate of drug-likeness (QED) is 0.345. The Morgan fingerprint density at radius 1 is 2.00 bits per heavy atom. The Labute approximate surface area is 37.7 Å². The van der Waals surface area contributed by atoms with Crippen LogP contribution >= 0.6 is 12.8 Å². The lowest BCUT2D eigenvalue weighted by atomic mass is 13.9. The smallest absolute Gasteiger partial charge is 0.0281 e. The SMILES string of the molecule is O=S([O-])NS. The molecule has 0 aromatic rings. The Bertz CT molecular complexity index is 42.9. The van der Waals surface area contributed by atoms with Gasteiger partial charge in [-0.1, -0.05) is 12.8 Å². The van der Waals surface area contributed by atoms with Gasteiger partial charge in [0, 0.05) is 11.3 Å². The zero-order valence-electron chi connectivity index (χ0n) is 2.17. The second-order valence-electron chi connectivity index (χ2n) is 0.326. The number of rotatable bonds is 1. The first-order valence-corrected chi connectivity index (χ1v) is 2.28. The van der Waals surface area contributed by atoms with Crippen LogP contribution in [0.15, 0.2) is 0 Å². The van der Waals surface area contributed by atoms with Crippen molar-refractivity contribution in [3.8, 4) is 0 Å². The molecular formula is H2NO2S2-. The molecule has 3 nitrogen and oxygen atoms in total. The molecule has 0 radical (unpaired) electrons. The summed E-state index contributed by atoms with van der Waals surface area (Å²) in [6.07, 6.45) is 0. The third-order valence-electron chi connectivity index (χ3n) is 0.0745. The van der Waals surface area contributed by atoms with Crippen molar-refractivity contribution in [2.24, 2.45) is 0 Å². The van der Waals surface area contributed by atoms with Crippen molar-refractivity contribution in [3.63, 3.8) is 0 Å². The summed E-state index contributed by atoms with van der Waals surface area (Å²) >= 11 is 0.944. The van der Waals surface area contributed by atoms with E-state index in [1.807, 2.05) is 0 Å². The summed E-state index contributed by atoms with van der Waals surface area (Å²) in [6, 6.07) is 0. The normalized spacial score (nSPS) is 14.8. The predicted molar refractivity (Wildman–Crippen MR) is 21.0 cm³/mol. The van der Waals surface area contributed by atoms with Gasteiger partial charge in [0.1, 0.15) is 0 Å². The first-order valence-electron chi connectivity index (χ1n) is 0.761. The van der Waals surface area contributed by atoms with Crippen molar-refractivity contribution in [2.45, 2.75) is 0 Å². The minimum Gasteiger partial charge on any atom is -0.759 e. The Kier molecular flexibility index (Phi) is 2.87. The van der Waals surface area contributed by atoms with Crippen LogP contribution in [0.3, 0.4) is 0 Å². The molecule has 1 N–H and O–H groups in total. The van der Waals surface area contributed by atoms with Gasteiger partial charge in [-0.05, 0) is 0 Å². The highest BCUT2D eigenvalue weighted by Gasteiger charge is 1.58. The Morgan fingerprint density at radius 2 is 2.20 bits per heavy atom. The van der Waals surface area contributed by atoms with Crippen molar-refractivity contribution < 1.29 is 8.76 Å². The molecule has 0 saturated carbocycles. The Hall–Kier alpha value is 0.420. The summed E-state index contributed by atoms with van der Waals surface area (Å²) in [6.45, 7) is 0. The minimum absolute atomic E-state index is 1.64. The summed E-state index contributed by atoms with van der Waals surface area (Å²) in [7, 11) is 0. The summed E-state index contributed by atoms with van der Waals surface area (Å²) in [5.74, 6) is 0. The van der Waals surface area contributed by atoms with E-state index in [0.717, 1.165) is 0 Å². The van der Waals surface area contributed by atoms with E-state index in [9.17, 15) is 8.76 Å². The molecule has 0 fully saturated rings. The zero-order valence-corrected chi connectivity index (χ0v) is 3.88. The van der Waals surface area contributed by atoms with Crippen molar-refractivity contribution in [1.82, 2.24) is 4.13 Å². The van der Waals surface area contributed by atoms with E-state index >= 15 is 0 Å². The highest BCUT2D eigenvalue weighted by Crippen LogP contribution is 1.59. The molecule has 1 atom stereocenters. The van der Waals surface area contributed by atoms with E-state index in [1.54, 1.807) is 4.13 Å². The molecule has 0 spiro atoms. The van der Waals surface area contributed by atoms with Crippen LogP contribution in [0.5, 0.6) is 0 Å². The van der Waals surface area contributed by atoms with E-state index in [-0.39, 0.29) is 0 Å². The highest BCUT2D eigenvalue weighted by molar-refractivity contribution is 7.93. The van der Waals surface area contributed by atoms with Gasteiger partial charge in [0.25, 0.3) is 0 Å². The van der Waals surface area contributed by atoms with Gasteiger partial charge in [-0.2, -0.15) is 4.13 Å². The van der Waals surface area contributed by atoms with Crippen molar-refractivity contribution >= 4 is 24.1 Å². The topological polar surface area (TPSA) is 52.2 Å². The standard InChI is InChI=1S/H3NO2S2/c2-5(3)1-4/h1,4H,(H,2,3)/p-1. The molecule has 0 bridgehead atoms. The predicted octanol–water partition coefficient (Wildman–Crippen LogP) is -0.785. The van der Waals surface area contributed by atoms with Gasteiger partial charge in [0.15, 0.2) is 0 Å². The maximum absolute atomic E-state index is 9.18. The molecular weight excluding hydrogens is 110 g/mol. The van der Waals surface area contributed by atoms with E-state index in [0.29, 0.717) is 0 Å². The Morgan fingerprint density at radius 3 is 2.20 bits per heavy atom. The van der Waals surface area contributed by atoms with Crippen LogP contribution in [0.2, 0.25) is 0 Å². The maximum atomic E-state index is 9.18. The Balaban J connectivity index is 2.85. The summed E-state index contributed by atoms with van der Waals surface area (Å²) < 4.78 is 20.0. The van der Waals surface area contributed by atoms with Crippen LogP contribution in [-0.4, -0.2) is 8.76 Å². The highest BCUT2D eigenvalue weighted by atomic mass is 32.2. The van der Waals surface area contributed by atoms with E-state index in [2.05, 4.69) is 12.8 Å². The van der Waals surface area contributed by atoms with Crippen LogP contribution in [0.25, 0.3) is 0 Å². The molecule has 5 heavy (non-hydrogen) atoms. The summed E-state index contributed by atoms with van der Waals surface area (Å²) in [4.78, 5) is 0. The van der Waals surface area contributed by atoms with Crippen LogP contribution in [0.1, 0.15) is 0 Å². The molecule has 0 aliphatic rings. The van der Waals surface area contributed by atoms with Gasteiger partial charge >= 0.3 is 0 Å². The van der Waals surface area contributed by atoms with Gasteiger partial charge in [-0.3, -0.25) is 4.21 Å². The largest absolute Gasteiger partial charge is 0.759 e. The maximum Gasteiger partial charge on any atom is 0.0281 e. The van der Waals surface area contributed by atoms with Gasteiger partial charge < -0.3 is 4.55 Å². The van der Waals surface area contributed by atoms with Crippen LogP contribution in [0.4, 0.5) is 0 Å². The first kappa shape index (κ1) is 5.42. The van der Waals surface area contributed by atoms with Gasteiger partial charge in [0.05, 0.1) is 0 Å². The lowest BCUT2D eigenvalue weighted by molar-refractivity contribution is 0.535. The monoisotopic (exact) mass is 112 g/mol. The second-order valence-corrected chi connectivity index (χ2v) is 1.53. The molecule has 1 unspecified atom stereocenters. The van der Waals surface area contributed by atoms with Crippen LogP contribution in [0, 0.1) is 0 Å². The first-order chi connectivity index (χ1) is 2.27. The van der Waals surface area contributed by atoms with Crippen molar-refractivity contribution in [1.29, 1.82) is 0 Å². The molecule has 0 aromatic heterocycles. The fourth-order valence-electron chi connectivity index (χ4n) is 0. The van der Waals surface area contributed by atoms with Crippen molar-refractivity contribution in [2.75, 3.05) is 0 Å². The van der Waals surface area contributed by atoms with Gasteiger partial charge in [0.2, 0.25) is 0 Å². The summed E-state index contributed by atoms with van der Waals surface area (Å²) in [5.41, 5.74) is 0. The number of thiol groups is 1. The van der Waals surface area contributed by atoms with Crippen LogP contribution < -0.4 is 4.13 Å². The number of hydrogen-bond donors (Lipinski definition) is 2. The van der Waals surface area contributed by atoms with E-state index in [1.165, 1.54) is 0 Å². The molecule has 0 aliphatic heterocycles. The minimum atomic E-state index is -2.21. The molecule has 5 heteroatoms. The van der Waals surface area contributed by atoms with E-state index in [4.69, 9.17) is 0 Å². The van der Waals surface area contributed by atoms with Gasteiger partial charge in [-0.15, -0.1) is 0 Å². The lowest BCUT2D eigenvalue weighted by Crippen LogP contribution is -2.00. The molecule has 0 heterocycles. The summed E-state index contributed by atoms with van der Waals surface area (Å²) in [5, 5.41) is 0. The third-order valence-corrected chi connectivity index (χ3v) is 0.671. The number of nitrogens with one attached hydrogen (secondary N) is 1. The molecule has 0 amide bonds. The van der Waals surface area contributed by atoms with Crippen molar-refractivity contribution in [3.05, 3.63) is 0 Å². The fourth-order valence-corrected chi connectivity index (χ4v) is 0. The fraction of sp³-hybridized carbons (Fsp3) is 0. The number of hydrogen-bond acceptors (Lipinski definition) is 3. The lowest BCUT2D eigenvalue weighted by Gasteiger charge is -1.94. The molecule has 32 valence electrons. The average Bonchev–Trinajstić information content (AvgIpc) is 1.38. The van der Waals surface area contributed by atoms with Crippen LogP contribution in [-0.2, 0) is 11.3 Å². The average molecular weight is 112 g/mol. The molecule has 0 aromatic carbocycles.